The molecule has 1 heterocycles. The van der Waals surface area contributed by atoms with Crippen molar-refractivity contribution in [2.45, 2.75) is 57.4 Å². The Labute approximate surface area is 240 Å². The van der Waals surface area contributed by atoms with Crippen LogP contribution in [-0.4, -0.2) is 56.7 Å². The number of aliphatic carboxylic acids is 1. The zero-order chi connectivity index (χ0) is 30.5. The number of carboxylic acids is 1. The smallest absolute Gasteiger partial charge is 0.433 e. The van der Waals surface area contributed by atoms with Crippen LogP contribution in [0.2, 0.25) is 10.0 Å². The van der Waals surface area contributed by atoms with Gasteiger partial charge in [-0.2, -0.15) is 31.4 Å². The van der Waals surface area contributed by atoms with Crippen LogP contribution >= 0.6 is 23.2 Å². The molecule has 1 amide bonds. The first-order chi connectivity index (χ1) is 19.0. The molecule has 2 aromatic rings. The van der Waals surface area contributed by atoms with E-state index in [0.29, 0.717) is 15.8 Å². The van der Waals surface area contributed by atoms with Gasteiger partial charge in [0, 0.05) is 6.54 Å². The maximum absolute atomic E-state index is 14.4. The molecule has 4 rings (SSSR count). The topological polar surface area (TPSA) is 92.5 Å². The Kier molecular flexibility index (Phi) is 8.45. The van der Waals surface area contributed by atoms with Crippen LogP contribution in [0, 0.1) is 17.3 Å². The Morgan fingerprint density at radius 1 is 1.10 bits per heavy atom. The first kappa shape index (κ1) is 31.1. The highest BCUT2D eigenvalue weighted by Gasteiger charge is 2.64. The number of rotatable bonds is 8. The summed E-state index contributed by atoms with van der Waals surface area (Å²) in [5.74, 6) is -4.73. The minimum absolute atomic E-state index is 0.0275. The van der Waals surface area contributed by atoms with Crippen molar-refractivity contribution in [3.05, 3.63) is 51.3 Å². The molecule has 2 aliphatic rings. The maximum atomic E-state index is 14.4. The van der Waals surface area contributed by atoms with E-state index in [2.05, 4.69) is 5.10 Å². The molecular formula is C26H25Cl2F6N3O4. The van der Waals surface area contributed by atoms with E-state index in [1.807, 2.05) is 0 Å². The van der Waals surface area contributed by atoms with Gasteiger partial charge < -0.3 is 10.0 Å². The van der Waals surface area contributed by atoms with Crippen molar-refractivity contribution >= 4 is 40.9 Å². The van der Waals surface area contributed by atoms with Crippen molar-refractivity contribution in [1.82, 2.24) is 14.7 Å². The number of nitrogens with zero attached hydrogens (tertiary/aromatic N) is 3. The summed E-state index contributed by atoms with van der Waals surface area (Å²) < 4.78 is 85.3. The second-order valence-corrected chi connectivity index (χ2v) is 11.5. The molecular weight excluding hydrogens is 603 g/mol. The Bertz CT molecular complexity index is 1340. The molecule has 0 bridgehead atoms. The van der Waals surface area contributed by atoms with Gasteiger partial charge in [-0.1, -0.05) is 36.2 Å². The number of halogens is 8. The van der Waals surface area contributed by atoms with Gasteiger partial charge in [-0.05, 0) is 50.2 Å². The van der Waals surface area contributed by atoms with E-state index >= 15 is 0 Å². The third-order valence-corrected chi connectivity index (χ3v) is 8.54. The summed E-state index contributed by atoms with van der Waals surface area (Å²) >= 11 is 12.1. The number of ketones is 1. The number of amides is 1. The van der Waals surface area contributed by atoms with E-state index in [4.69, 9.17) is 23.2 Å². The predicted octanol–water partition coefficient (Wildman–Crippen LogP) is 6.94. The van der Waals surface area contributed by atoms with Gasteiger partial charge in [-0.25, -0.2) is 0 Å². The lowest BCUT2D eigenvalue weighted by molar-refractivity contribution is -0.189. The molecule has 0 unspecified atom stereocenters. The van der Waals surface area contributed by atoms with Crippen molar-refractivity contribution in [2.75, 3.05) is 13.1 Å². The van der Waals surface area contributed by atoms with Gasteiger partial charge in [0.15, 0.2) is 11.5 Å². The molecule has 0 radical (unpaired) electrons. The van der Waals surface area contributed by atoms with Gasteiger partial charge in [0.25, 0.3) is 5.91 Å². The molecule has 2 aliphatic carbocycles. The van der Waals surface area contributed by atoms with Gasteiger partial charge in [0.2, 0.25) is 0 Å². The number of carbonyl (C=O) groups excluding carboxylic acids is 2. The number of carboxylic acid groups (broad SMARTS) is 1. The zero-order valence-electron chi connectivity index (χ0n) is 21.5. The summed E-state index contributed by atoms with van der Waals surface area (Å²) in [5, 5.41) is 12.9. The standard InChI is InChI=1S/C26H25Cl2F6N3O4/c1-13-9-14(5-6-15(13)23(40)41)37-21(25(29,30)31)16(10-35-37)22(39)36(12-24(7-8-24)26(32,33)34)11-19(38)20-17(27)3-2-4-18(20)28/h2-4,10,13-15H,5-9,11-12H2,1H3,(H,40,41)/t13-,14+,15+/m1/s1. The summed E-state index contributed by atoms with van der Waals surface area (Å²) in [7, 11) is 0. The summed E-state index contributed by atoms with van der Waals surface area (Å²) in [6.45, 7) is -0.469. The lowest BCUT2D eigenvalue weighted by Gasteiger charge is -2.33. The predicted molar refractivity (Wildman–Crippen MR) is 135 cm³/mol. The fraction of sp³-hybridized carbons (Fsp3) is 0.538. The second kappa shape index (κ2) is 11.1. The largest absolute Gasteiger partial charge is 0.481 e. The Morgan fingerprint density at radius 3 is 2.20 bits per heavy atom. The van der Waals surface area contributed by atoms with Gasteiger partial charge in [0.1, 0.15) is 0 Å². The minimum Gasteiger partial charge on any atom is -0.481 e. The molecule has 1 aromatic carbocycles. The molecule has 7 nitrogen and oxygen atoms in total. The van der Waals surface area contributed by atoms with E-state index in [1.54, 1.807) is 6.92 Å². The van der Waals surface area contributed by atoms with Gasteiger partial charge in [-0.3, -0.25) is 19.1 Å². The third-order valence-electron chi connectivity index (χ3n) is 7.91. The maximum Gasteiger partial charge on any atom is 0.433 e. The van der Waals surface area contributed by atoms with Crippen LogP contribution in [0.5, 0.6) is 0 Å². The molecule has 15 heteroatoms. The van der Waals surface area contributed by atoms with Crippen LogP contribution in [0.25, 0.3) is 0 Å². The Balaban J connectivity index is 1.72. The van der Waals surface area contributed by atoms with Crippen LogP contribution in [0.15, 0.2) is 24.4 Å². The zero-order valence-corrected chi connectivity index (χ0v) is 23.0. The molecule has 3 atom stereocenters. The summed E-state index contributed by atoms with van der Waals surface area (Å²) in [6, 6.07) is 3.12. The highest BCUT2D eigenvalue weighted by molar-refractivity contribution is 6.40. The van der Waals surface area contributed by atoms with E-state index in [-0.39, 0.29) is 47.7 Å². The molecule has 0 aliphatic heterocycles. The number of hydrogen-bond donors (Lipinski definition) is 1. The number of hydrogen-bond acceptors (Lipinski definition) is 4. The quantitative estimate of drug-likeness (QED) is 0.253. The second-order valence-electron chi connectivity index (χ2n) is 10.7. The van der Waals surface area contributed by atoms with Gasteiger partial charge in [0.05, 0.1) is 51.3 Å². The summed E-state index contributed by atoms with van der Waals surface area (Å²) in [4.78, 5) is 38.6. The highest BCUT2D eigenvalue weighted by Crippen LogP contribution is 2.58. The summed E-state index contributed by atoms with van der Waals surface area (Å²) in [5.41, 5.74) is -5.13. The van der Waals surface area contributed by atoms with Gasteiger partial charge >= 0.3 is 18.3 Å². The van der Waals surface area contributed by atoms with E-state index < -0.39 is 77.7 Å². The first-order valence-electron chi connectivity index (χ1n) is 12.7. The SMILES string of the molecule is C[C@@H]1C[C@@H](n2ncc(C(=O)N(CC(=O)c3c(Cl)cccc3Cl)CC3(C(F)(F)F)CC3)c2C(F)(F)F)CC[C@@H]1C(=O)O. The average Bonchev–Trinajstić information content (AvgIpc) is 3.50. The molecule has 0 saturated heterocycles. The van der Waals surface area contributed by atoms with Crippen LogP contribution in [-0.2, 0) is 11.0 Å². The normalized spacial score (nSPS) is 22.3. The molecule has 41 heavy (non-hydrogen) atoms. The Hall–Kier alpha value is -2.80. The van der Waals surface area contributed by atoms with Crippen molar-refractivity contribution < 1.29 is 45.8 Å². The van der Waals surface area contributed by atoms with Crippen molar-refractivity contribution in [1.29, 1.82) is 0 Å². The lowest BCUT2D eigenvalue weighted by atomic mass is 9.78. The molecule has 2 saturated carbocycles. The number of benzene rings is 1. The first-order valence-corrected chi connectivity index (χ1v) is 13.4. The Morgan fingerprint density at radius 2 is 1.71 bits per heavy atom. The highest BCUT2D eigenvalue weighted by atomic mass is 35.5. The molecule has 224 valence electrons. The van der Waals surface area contributed by atoms with Crippen LogP contribution in [0.4, 0.5) is 26.3 Å². The van der Waals surface area contributed by atoms with Crippen LogP contribution < -0.4 is 0 Å². The fourth-order valence-electron chi connectivity index (χ4n) is 5.47. The summed E-state index contributed by atoms with van der Waals surface area (Å²) in [6.07, 6.45) is -9.87. The monoisotopic (exact) mass is 627 g/mol. The minimum atomic E-state index is -5.14. The molecule has 1 N–H and O–H groups in total. The van der Waals surface area contributed by atoms with E-state index in [0.717, 1.165) is 0 Å². The van der Waals surface area contributed by atoms with Crippen LogP contribution in [0.1, 0.15) is 71.5 Å². The number of carbonyl (C=O) groups is 3. The molecule has 0 spiro atoms. The van der Waals surface area contributed by atoms with Gasteiger partial charge in [-0.15, -0.1) is 0 Å². The lowest BCUT2D eigenvalue weighted by Crippen LogP contribution is -2.44. The third kappa shape index (κ3) is 6.20. The van der Waals surface area contributed by atoms with E-state index in [1.165, 1.54) is 18.2 Å². The van der Waals surface area contributed by atoms with Crippen molar-refractivity contribution in [2.24, 2.45) is 17.3 Å². The molecule has 1 aromatic heterocycles. The van der Waals surface area contributed by atoms with Crippen molar-refractivity contribution in [3.8, 4) is 0 Å². The van der Waals surface area contributed by atoms with Crippen LogP contribution in [0.3, 0.4) is 0 Å². The number of aromatic nitrogens is 2. The van der Waals surface area contributed by atoms with E-state index in [9.17, 15) is 45.8 Å². The number of alkyl halides is 6. The average molecular weight is 628 g/mol. The van der Waals surface area contributed by atoms with Crippen molar-refractivity contribution in [3.63, 3.8) is 0 Å². The fourth-order valence-corrected chi connectivity index (χ4v) is 6.08. The number of Topliss-reactive ketones (excluding diaryl/α,β-unsaturated/α-hetero) is 1. The molecule has 2 fully saturated rings.